The number of aliphatic hydroxyl groups is 1. The van der Waals surface area contributed by atoms with Gasteiger partial charge in [0.2, 0.25) is 10.0 Å². The van der Waals surface area contributed by atoms with Crippen molar-refractivity contribution in [3.05, 3.63) is 59.7 Å². The number of hydrogen-bond donors (Lipinski definition) is 2. The zero-order valence-corrected chi connectivity index (χ0v) is 11.3. The Hall–Kier alpha value is -1.83. The highest BCUT2D eigenvalue weighted by atomic mass is 32.2. The number of pyridine rings is 1. The summed E-state index contributed by atoms with van der Waals surface area (Å²) >= 11 is 0. The van der Waals surface area contributed by atoms with Gasteiger partial charge in [-0.05, 0) is 35.4 Å². The van der Waals surface area contributed by atoms with E-state index in [1.54, 1.807) is 12.1 Å². The van der Waals surface area contributed by atoms with Gasteiger partial charge in [-0.25, -0.2) is 17.5 Å². The van der Waals surface area contributed by atoms with Gasteiger partial charge in [0.25, 0.3) is 0 Å². The highest BCUT2D eigenvalue weighted by molar-refractivity contribution is 7.89. The molecule has 1 heterocycles. The average Bonchev–Trinajstić information content (AvgIpc) is 2.47. The number of sulfonamides is 1. The van der Waals surface area contributed by atoms with Gasteiger partial charge in [0.05, 0.1) is 6.61 Å². The Labute approximate surface area is 116 Å². The number of aromatic nitrogens is 1. The van der Waals surface area contributed by atoms with Crippen molar-refractivity contribution < 1.29 is 17.9 Å². The number of aliphatic hydroxyl groups excluding tert-OH is 1. The molecule has 0 amide bonds. The molecule has 0 unspecified atom stereocenters. The maximum absolute atomic E-state index is 13.6. The van der Waals surface area contributed by atoms with Crippen LogP contribution in [0.15, 0.2) is 47.6 Å². The maximum Gasteiger partial charge on any atom is 0.243 e. The van der Waals surface area contributed by atoms with Crippen LogP contribution in [0.2, 0.25) is 0 Å². The van der Waals surface area contributed by atoms with E-state index in [1.165, 1.54) is 18.5 Å². The minimum absolute atomic E-state index is 0.0354. The molecule has 0 aliphatic rings. The summed E-state index contributed by atoms with van der Waals surface area (Å²) in [6.07, 6.45) is 3.08. The second-order valence-corrected chi connectivity index (χ2v) is 5.84. The van der Waals surface area contributed by atoms with Gasteiger partial charge >= 0.3 is 0 Å². The second kappa shape index (κ2) is 6.08. The first-order valence-corrected chi connectivity index (χ1v) is 7.29. The molecule has 106 valence electrons. The van der Waals surface area contributed by atoms with Crippen molar-refractivity contribution in [3.63, 3.8) is 0 Å². The third kappa shape index (κ3) is 3.38. The summed E-state index contributed by atoms with van der Waals surface area (Å²) in [5.41, 5.74) is 1.04. The molecular weight excluding hydrogens is 283 g/mol. The van der Waals surface area contributed by atoms with Crippen molar-refractivity contribution >= 4 is 10.0 Å². The lowest BCUT2D eigenvalue weighted by atomic mass is 10.2. The Balaban J connectivity index is 2.22. The number of benzene rings is 1. The summed E-state index contributed by atoms with van der Waals surface area (Å²) in [6, 6.07) is 6.78. The Bertz CT molecular complexity index is 690. The fourth-order valence-electron chi connectivity index (χ4n) is 1.61. The molecule has 0 radical (unpaired) electrons. The first kappa shape index (κ1) is 14.6. The van der Waals surface area contributed by atoms with Gasteiger partial charge < -0.3 is 5.11 Å². The fraction of sp³-hybridized carbons (Fsp3) is 0.154. The van der Waals surface area contributed by atoms with Gasteiger partial charge in [0.15, 0.2) is 0 Å². The first-order valence-electron chi connectivity index (χ1n) is 5.81. The monoisotopic (exact) mass is 296 g/mol. The molecule has 2 rings (SSSR count). The molecule has 0 aliphatic carbocycles. The molecule has 0 saturated heterocycles. The molecule has 1 aromatic heterocycles. The van der Waals surface area contributed by atoms with Gasteiger partial charge in [0, 0.05) is 18.9 Å². The van der Waals surface area contributed by atoms with E-state index in [1.807, 2.05) is 0 Å². The lowest BCUT2D eigenvalue weighted by Crippen LogP contribution is -2.24. The van der Waals surface area contributed by atoms with E-state index in [9.17, 15) is 12.8 Å². The van der Waals surface area contributed by atoms with E-state index < -0.39 is 20.7 Å². The van der Waals surface area contributed by atoms with Crippen LogP contribution >= 0.6 is 0 Å². The van der Waals surface area contributed by atoms with E-state index in [2.05, 4.69) is 9.71 Å². The molecule has 20 heavy (non-hydrogen) atoms. The molecule has 7 heteroatoms. The minimum Gasteiger partial charge on any atom is -0.392 e. The first-order chi connectivity index (χ1) is 9.53. The van der Waals surface area contributed by atoms with Gasteiger partial charge in [-0.2, -0.15) is 0 Å². The molecule has 0 atom stereocenters. The summed E-state index contributed by atoms with van der Waals surface area (Å²) in [7, 11) is -3.98. The van der Waals surface area contributed by atoms with E-state index in [0.29, 0.717) is 11.1 Å². The molecule has 5 nitrogen and oxygen atoms in total. The molecule has 2 N–H and O–H groups in total. The normalized spacial score (nSPS) is 11.5. The van der Waals surface area contributed by atoms with Crippen LogP contribution in [0.25, 0.3) is 0 Å². The van der Waals surface area contributed by atoms with Crippen molar-refractivity contribution in [1.82, 2.24) is 9.71 Å². The van der Waals surface area contributed by atoms with Crippen LogP contribution in [-0.4, -0.2) is 18.5 Å². The number of hydrogen-bond acceptors (Lipinski definition) is 4. The SMILES string of the molecule is O=S(=O)(NCc1ccncc1)c1cc(CO)ccc1F. The lowest BCUT2D eigenvalue weighted by molar-refractivity contribution is 0.281. The standard InChI is InChI=1S/C13H13FN2O3S/c14-12-2-1-11(9-17)7-13(12)20(18,19)16-8-10-3-5-15-6-4-10/h1-7,16-17H,8-9H2. The third-order valence-corrected chi connectivity index (χ3v) is 4.10. The largest absolute Gasteiger partial charge is 0.392 e. The van der Waals surface area contributed by atoms with Crippen LogP contribution in [0.5, 0.6) is 0 Å². The van der Waals surface area contributed by atoms with E-state index in [4.69, 9.17) is 5.11 Å². The summed E-state index contributed by atoms with van der Waals surface area (Å²) in [5, 5.41) is 8.98. The molecule has 0 fully saturated rings. The van der Waals surface area contributed by atoms with Crippen molar-refractivity contribution in [2.45, 2.75) is 18.0 Å². The van der Waals surface area contributed by atoms with Crippen molar-refractivity contribution in [2.24, 2.45) is 0 Å². The average molecular weight is 296 g/mol. The molecule has 0 bridgehead atoms. The van der Waals surface area contributed by atoms with Gasteiger partial charge in [-0.1, -0.05) is 6.07 Å². The van der Waals surface area contributed by atoms with E-state index >= 15 is 0 Å². The summed E-state index contributed by atoms with van der Waals surface area (Å²) in [4.78, 5) is 3.35. The lowest BCUT2D eigenvalue weighted by Gasteiger charge is -2.09. The molecule has 1 aromatic carbocycles. The van der Waals surface area contributed by atoms with Crippen LogP contribution in [0.1, 0.15) is 11.1 Å². The number of rotatable bonds is 5. The summed E-state index contributed by atoms with van der Waals surface area (Å²) in [6.45, 7) is -0.319. The molecule has 0 spiro atoms. The van der Waals surface area contributed by atoms with Crippen LogP contribution in [-0.2, 0) is 23.2 Å². The quantitative estimate of drug-likeness (QED) is 0.868. The Kier molecular flexibility index (Phi) is 4.43. The van der Waals surface area contributed by atoms with Crippen LogP contribution in [0, 0.1) is 5.82 Å². The van der Waals surface area contributed by atoms with Crippen LogP contribution in [0.3, 0.4) is 0 Å². The van der Waals surface area contributed by atoms with Crippen LogP contribution < -0.4 is 4.72 Å². The molecule has 0 aliphatic heterocycles. The topological polar surface area (TPSA) is 79.3 Å². The van der Waals surface area contributed by atoms with Crippen molar-refractivity contribution in [1.29, 1.82) is 0 Å². The van der Waals surface area contributed by atoms with Gasteiger partial charge in [0.1, 0.15) is 10.7 Å². The number of nitrogens with one attached hydrogen (secondary N) is 1. The highest BCUT2D eigenvalue weighted by Gasteiger charge is 2.19. The summed E-state index contributed by atoms with van der Waals surface area (Å²) < 4.78 is 40.0. The predicted molar refractivity (Wildman–Crippen MR) is 70.6 cm³/mol. The minimum atomic E-state index is -3.98. The molecule has 0 saturated carbocycles. The Morgan fingerprint density at radius 3 is 2.50 bits per heavy atom. The van der Waals surface area contributed by atoms with Crippen molar-refractivity contribution in [3.8, 4) is 0 Å². The van der Waals surface area contributed by atoms with Crippen molar-refractivity contribution in [2.75, 3.05) is 0 Å². The zero-order valence-electron chi connectivity index (χ0n) is 10.5. The van der Waals surface area contributed by atoms with Gasteiger partial charge in [-0.15, -0.1) is 0 Å². The fourth-order valence-corrected chi connectivity index (χ4v) is 2.75. The Morgan fingerprint density at radius 1 is 1.15 bits per heavy atom. The smallest absolute Gasteiger partial charge is 0.243 e. The number of halogens is 1. The molecule has 2 aromatic rings. The maximum atomic E-state index is 13.6. The van der Waals surface area contributed by atoms with Gasteiger partial charge in [-0.3, -0.25) is 4.98 Å². The Morgan fingerprint density at radius 2 is 1.85 bits per heavy atom. The van der Waals surface area contributed by atoms with E-state index in [0.717, 1.165) is 12.1 Å². The van der Waals surface area contributed by atoms with Crippen LogP contribution in [0.4, 0.5) is 4.39 Å². The molecular formula is C13H13FN2O3S. The third-order valence-electron chi connectivity index (χ3n) is 2.68. The zero-order chi connectivity index (χ0) is 14.6. The van der Waals surface area contributed by atoms with E-state index in [-0.39, 0.29) is 13.2 Å². The number of nitrogens with zero attached hydrogens (tertiary/aromatic N) is 1. The second-order valence-electron chi connectivity index (χ2n) is 4.10. The highest BCUT2D eigenvalue weighted by Crippen LogP contribution is 2.16. The summed E-state index contributed by atoms with van der Waals surface area (Å²) in [5.74, 6) is -0.857. The predicted octanol–water partition coefficient (Wildman–Crippen LogP) is 1.19.